The minimum atomic E-state index is -1.41. The zero-order chi connectivity index (χ0) is 33.8. The lowest BCUT2D eigenvalue weighted by Crippen LogP contribution is -2.64. The lowest BCUT2D eigenvalue weighted by Gasteiger charge is -2.58. The molecule has 3 saturated carbocycles. The summed E-state index contributed by atoms with van der Waals surface area (Å²) in [6.45, 7) is 11.6. The SMILES string of the molecule is CO[C@H]1[C@@H](OC(=O)/C(C)=C\[C@@H]2OC2C2O[C@H]2C)[C@H](O)[C@H](OCC23CC4C(CC[C@H]4C)[C@@]4(C=O)CC2C=C(C(C)C)C34C(=O)O)O[C@@H]1C. The number of carbonyl (C=O) groups excluding carboxylic acids is 2. The molecule has 7 aliphatic rings. The number of allylic oxidation sites excluding steroid dienone is 1. The number of epoxide rings is 2. The van der Waals surface area contributed by atoms with E-state index in [1.165, 1.54) is 7.11 Å². The largest absolute Gasteiger partial charge is 0.481 e. The maximum absolute atomic E-state index is 13.8. The van der Waals surface area contributed by atoms with Crippen LogP contribution in [0.25, 0.3) is 0 Å². The molecule has 3 aliphatic heterocycles. The van der Waals surface area contributed by atoms with Gasteiger partial charge in [0, 0.05) is 18.1 Å². The number of methoxy groups -OCH3 is 1. The molecule has 0 aromatic carbocycles. The minimum absolute atomic E-state index is 0.00212. The molecule has 47 heavy (non-hydrogen) atoms. The molecule has 0 spiro atoms. The minimum Gasteiger partial charge on any atom is -0.481 e. The van der Waals surface area contributed by atoms with Crippen molar-refractivity contribution in [1.82, 2.24) is 0 Å². The van der Waals surface area contributed by atoms with Crippen LogP contribution in [-0.4, -0.2) is 97.3 Å². The van der Waals surface area contributed by atoms with E-state index in [1.54, 1.807) is 19.9 Å². The van der Waals surface area contributed by atoms with Gasteiger partial charge in [-0.05, 0) is 75.7 Å². The summed E-state index contributed by atoms with van der Waals surface area (Å²) < 4.78 is 35.3. The first kappa shape index (κ1) is 33.4. The van der Waals surface area contributed by atoms with Gasteiger partial charge >= 0.3 is 11.9 Å². The van der Waals surface area contributed by atoms with Crippen molar-refractivity contribution < 1.29 is 53.0 Å². The molecule has 0 aromatic rings. The van der Waals surface area contributed by atoms with Crippen LogP contribution in [0.15, 0.2) is 23.3 Å². The fraction of sp³-hybridized carbons (Fsp3) is 0.806. The molecule has 0 aromatic heterocycles. The molecule has 4 bridgehead atoms. The number of carboxylic acids is 1. The van der Waals surface area contributed by atoms with Crippen LogP contribution in [0.4, 0.5) is 0 Å². The highest BCUT2D eigenvalue weighted by Crippen LogP contribution is 2.82. The van der Waals surface area contributed by atoms with Gasteiger partial charge in [0.1, 0.15) is 42.2 Å². The second kappa shape index (κ2) is 11.5. The maximum Gasteiger partial charge on any atom is 0.333 e. The van der Waals surface area contributed by atoms with Crippen LogP contribution >= 0.6 is 0 Å². The smallest absolute Gasteiger partial charge is 0.333 e. The highest BCUT2D eigenvalue weighted by Gasteiger charge is 2.84. The van der Waals surface area contributed by atoms with Gasteiger partial charge in [0.15, 0.2) is 12.4 Å². The van der Waals surface area contributed by atoms with Crippen LogP contribution in [0, 0.1) is 45.8 Å². The number of aliphatic hydroxyl groups is 1. The Kier molecular flexibility index (Phi) is 8.13. The van der Waals surface area contributed by atoms with Crippen molar-refractivity contribution in [2.45, 2.75) is 122 Å². The molecule has 0 amide bonds. The van der Waals surface area contributed by atoms with Gasteiger partial charge < -0.3 is 43.4 Å². The number of rotatable bonds is 11. The number of aliphatic carboxylic acids is 1. The Hall–Kier alpha value is -2.15. The van der Waals surface area contributed by atoms with E-state index in [1.807, 2.05) is 20.8 Å². The Morgan fingerprint density at radius 1 is 1.06 bits per heavy atom. The number of aliphatic hydroxyl groups excluding tert-OH is 1. The summed E-state index contributed by atoms with van der Waals surface area (Å²) in [6.07, 6.45) is 2.48. The Bertz CT molecular complexity index is 1370. The number of ether oxygens (including phenoxy) is 6. The molecule has 3 saturated heterocycles. The molecule has 6 fully saturated rings. The van der Waals surface area contributed by atoms with Gasteiger partial charge in [-0.1, -0.05) is 38.8 Å². The molecule has 7 unspecified atom stereocenters. The average molecular weight is 659 g/mol. The van der Waals surface area contributed by atoms with E-state index >= 15 is 0 Å². The van der Waals surface area contributed by atoms with Crippen LogP contribution < -0.4 is 0 Å². The van der Waals surface area contributed by atoms with Gasteiger partial charge in [-0.2, -0.15) is 0 Å². The molecule has 260 valence electrons. The van der Waals surface area contributed by atoms with Crippen molar-refractivity contribution in [3.63, 3.8) is 0 Å². The van der Waals surface area contributed by atoms with E-state index in [0.717, 1.165) is 24.7 Å². The van der Waals surface area contributed by atoms with Crippen molar-refractivity contribution in [2.75, 3.05) is 13.7 Å². The standard InChI is InChI=1S/C36H50O11/c1-16(2)24-11-21-12-34(14-37)23-9-8-17(3)22(23)13-35(21,36(24,34)33(40)41)15-43-32-26(38)30(27(42-7)19(5)45-32)47-31(39)18(4)10-25-29(46-25)28-20(6)44-28/h10-11,14,16-17,19-23,25-30,32,38H,8-9,12-13,15H2,1-7H3,(H,40,41)/b18-10-/t17-,19-,20+,21?,22?,23?,25+,26+,27-,28?,29?,30+,32-,34+,35?,36?/m1/s1. The molecule has 16 atom stereocenters. The van der Waals surface area contributed by atoms with Crippen LogP contribution in [0.3, 0.4) is 0 Å². The molecule has 0 radical (unpaired) electrons. The van der Waals surface area contributed by atoms with Crippen molar-refractivity contribution in [3.05, 3.63) is 23.3 Å². The predicted octanol–water partition coefficient (Wildman–Crippen LogP) is 3.46. The summed E-state index contributed by atoms with van der Waals surface area (Å²) in [5.41, 5.74) is -2.17. The van der Waals surface area contributed by atoms with E-state index in [-0.39, 0.29) is 54.7 Å². The second-order valence-electron chi connectivity index (χ2n) is 15.8. The fourth-order valence-corrected chi connectivity index (χ4v) is 11.1. The van der Waals surface area contributed by atoms with E-state index in [2.05, 4.69) is 13.0 Å². The van der Waals surface area contributed by atoms with Crippen molar-refractivity contribution >= 4 is 18.2 Å². The maximum atomic E-state index is 13.8. The molecule has 7 rings (SSSR count). The molecule has 11 heteroatoms. The van der Waals surface area contributed by atoms with Crippen molar-refractivity contribution in [3.8, 4) is 0 Å². The molecule has 3 heterocycles. The lowest BCUT2D eigenvalue weighted by atomic mass is 9.43. The number of carboxylic acid groups (broad SMARTS) is 1. The molecular weight excluding hydrogens is 608 g/mol. The van der Waals surface area contributed by atoms with Crippen LogP contribution in [-0.2, 0) is 42.8 Å². The average Bonchev–Trinajstić information content (AvgIpc) is 3.88. The van der Waals surface area contributed by atoms with E-state index in [0.29, 0.717) is 24.3 Å². The molecule has 4 aliphatic carbocycles. The molecule has 11 nitrogen and oxygen atoms in total. The summed E-state index contributed by atoms with van der Waals surface area (Å²) >= 11 is 0. The first-order valence-corrected chi connectivity index (χ1v) is 17.4. The van der Waals surface area contributed by atoms with Gasteiger partial charge in [0.2, 0.25) is 0 Å². The number of carbonyl (C=O) groups is 3. The number of hydrogen-bond acceptors (Lipinski definition) is 10. The van der Waals surface area contributed by atoms with Gasteiger partial charge in [0.25, 0.3) is 0 Å². The van der Waals surface area contributed by atoms with Gasteiger partial charge in [0.05, 0.1) is 24.2 Å². The summed E-state index contributed by atoms with van der Waals surface area (Å²) in [7, 11) is 1.46. The van der Waals surface area contributed by atoms with Crippen molar-refractivity contribution in [1.29, 1.82) is 0 Å². The molecule has 2 N–H and O–H groups in total. The monoisotopic (exact) mass is 658 g/mol. The van der Waals surface area contributed by atoms with E-state index in [9.17, 15) is 24.6 Å². The quantitative estimate of drug-likeness (QED) is 0.110. The first-order valence-electron chi connectivity index (χ1n) is 17.4. The van der Waals surface area contributed by atoms with Crippen molar-refractivity contribution in [2.24, 2.45) is 45.8 Å². The summed E-state index contributed by atoms with van der Waals surface area (Å²) in [5.74, 6) is -1.26. The van der Waals surface area contributed by atoms with Gasteiger partial charge in [-0.3, -0.25) is 4.79 Å². The topological polar surface area (TPSA) is 154 Å². The van der Waals surface area contributed by atoms with Gasteiger partial charge in [-0.15, -0.1) is 0 Å². The zero-order valence-electron chi connectivity index (χ0n) is 28.4. The van der Waals surface area contributed by atoms with E-state index < -0.39 is 58.9 Å². The third kappa shape index (κ3) is 4.55. The second-order valence-corrected chi connectivity index (χ2v) is 15.8. The number of hydrogen-bond donors (Lipinski definition) is 2. The first-order chi connectivity index (χ1) is 22.3. The Balaban J connectivity index is 1.14. The number of aldehydes is 1. The Labute approximate surface area is 276 Å². The zero-order valence-corrected chi connectivity index (χ0v) is 28.4. The van der Waals surface area contributed by atoms with Gasteiger partial charge in [-0.25, -0.2) is 4.79 Å². The van der Waals surface area contributed by atoms with Crippen LogP contribution in [0.5, 0.6) is 0 Å². The van der Waals surface area contributed by atoms with Crippen LogP contribution in [0.1, 0.15) is 67.2 Å². The van der Waals surface area contributed by atoms with Crippen LogP contribution in [0.2, 0.25) is 0 Å². The lowest BCUT2D eigenvalue weighted by molar-refractivity contribution is -0.308. The third-order valence-electron chi connectivity index (χ3n) is 13.3. The Morgan fingerprint density at radius 3 is 2.40 bits per heavy atom. The summed E-state index contributed by atoms with van der Waals surface area (Å²) in [4.78, 5) is 40.3. The van der Waals surface area contributed by atoms with E-state index in [4.69, 9.17) is 28.4 Å². The normalized spacial score (nSPS) is 51.0. The number of fused-ring (bicyclic) bond motifs is 2. The number of esters is 1. The molecular formula is C36H50O11. The summed E-state index contributed by atoms with van der Waals surface area (Å²) in [6, 6.07) is 0. The fourth-order valence-electron chi connectivity index (χ4n) is 11.1. The predicted molar refractivity (Wildman–Crippen MR) is 166 cm³/mol. The summed E-state index contributed by atoms with van der Waals surface area (Å²) in [5, 5.41) is 22.9. The Morgan fingerprint density at radius 2 is 1.79 bits per heavy atom. The highest BCUT2D eigenvalue weighted by atomic mass is 16.7. The third-order valence-corrected chi connectivity index (χ3v) is 13.3. The highest BCUT2D eigenvalue weighted by molar-refractivity contribution is 5.90.